The predicted octanol–water partition coefficient (Wildman–Crippen LogP) is 2.61. The maximum Gasteiger partial charge on any atom is 0.310 e. The quantitative estimate of drug-likeness (QED) is 0.599. The monoisotopic (exact) mass is 404 g/mol. The lowest BCUT2D eigenvalue weighted by Gasteiger charge is -2.34. The van der Waals surface area contributed by atoms with Crippen molar-refractivity contribution in [2.24, 2.45) is 0 Å². The second kappa shape index (κ2) is 9.91. The van der Waals surface area contributed by atoms with E-state index in [1.54, 1.807) is 24.3 Å². The number of rotatable bonds is 9. The van der Waals surface area contributed by atoms with E-state index in [9.17, 15) is 8.42 Å². The van der Waals surface area contributed by atoms with Crippen molar-refractivity contribution in [2.45, 2.75) is 13.5 Å². The summed E-state index contributed by atoms with van der Waals surface area (Å²) in [5.41, 5.74) is 1.26. The molecule has 0 aromatic heterocycles. The summed E-state index contributed by atoms with van der Waals surface area (Å²) in [5.74, 6) is 1.26. The summed E-state index contributed by atoms with van der Waals surface area (Å²) in [6.07, 6.45) is 0. The molecule has 152 valence electrons. The highest BCUT2D eigenvalue weighted by Gasteiger charge is 2.20. The zero-order valence-corrected chi connectivity index (χ0v) is 17.1. The molecule has 1 heterocycles. The number of piperazine rings is 1. The Kier molecular flexibility index (Phi) is 7.30. The molecule has 0 bridgehead atoms. The van der Waals surface area contributed by atoms with Gasteiger partial charge >= 0.3 is 10.1 Å². The van der Waals surface area contributed by atoms with Crippen LogP contribution >= 0.6 is 0 Å². The summed E-state index contributed by atoms with van der Waals surface area (Å²) in [7, 11) is -3.57. The van der Waals surface area contributed by atoms with Crippen LogP contribution in [0, 0.1) is 0 Å². The summed E-state index contributed by atoms with van der Waals surface area (Å²) in [4.78, 5) is 4.57. The highest BCUT2D eigenvalue weighted by molar-refractivity contribution is 7.87. The fourth-order valence-corrected chi connectivity index (χ4v) is 4.16. The van der Waals surface area contributed by atoms with Gasteiger partial charge in [0.1, 0.15) is 11.5 Å². The van der Waals surface area contributed by atoms with Gasteiger partial charge in [0, 0.05) is 39.3 Å². The van der Waals surface area contributed by atoms with E-state index in [1.807, 2.05) is 25.1 Å². The Morgan fingerprint density at radius 3 is 2.14 bits per heavy atom. The third kappa shape index (κ3) is 6.51. The van der Waals surface area contributed by atoms with Crippen molar-refractivity contribution in [2.75, 3.05) is 45.1 Å². The zero-order chi connectivity index (χ0) is 19.8. The van der Waals surface area contributed by atoms with Crippen molar-refractivity contribution in [3.63, 3.8) is 0 Å². The molecule has 6 nitrogen and oxygen atoms in total. The van der Waals surface area contributed by atoms with Crippen LogP contribution in [0.2, 0.25) is 0 Å². The van der Waals surface area contributed by atoms with E-state index in [1.165, 1.54) is 5.56 Å². The number of para-hydroxylation sites is 1. The molecule has 0 N–H and O–H groups in total. The minimum atomic E-state index is -3.57. The van der Waals surface area contributed by atoms with Crippen LogP contribution in [-0.2, 0) is 16.7 Å². The summed E-state index contributed by atoms with van der Waals surface area (Å²) in [6.45, 7) is 7.61. The smallest absolute Gasteiger partial charge is 0.310 e. The maximum absolute atomic E-state index is 12.2. The fraction of sp³-hybridized carbons (Fsp3) is 0.429. The van der Waals surface area contributed by atoms with Gasteiger partial charge in [-0.1, -0.05) is 30.3 Å². The second-order valence-corrected chi connectivity index (χ2v) is 8.54. The number of hydrogen-bond donors (Lipinski definition) is 0. The Labute approximate surface area is 167 Å². The molecule has 1 aliphatic heterocycles. The molecule has 0 spiro atoms. The summed E-state index contributed by atoms with van der Waals surface area (Å²) in [5, 5.41) is 0. The molecule has 0 radical (unpaired) electrons. The lowest BCUT2D eigenvalue weighted by atomic mass is 10.2. The molecule has 3 rings (SSSR count). The van der Waals surface area contributed by atoms with Gasteiger partial charge in [0.25, 0.3) is 0 Å². The Morgan fingerprint density at radius 1 is 0.857 bits per heavy atom. The molecule has 2 aromatic rings. The van der Waals surface area contributed by atoms with Gasteiger partial charge in [0.2, 0.25) is 0 Å². The first-order valence-corrected chi connectivity index (χ1v) is 11.3. The van der Waals surface area contributed by atoms with E-state index in [0.29, 0.717) is 18.9 Å². The van der Waals surface area contributed by atoms with Gasteiger partial charge in [-0.25, -0.2) is 0 Å². The fourth-order valence-electron chi connectivity index (χ4n) is 3.19. The van der Waals surface area contributed by atoms with Crippen molar-refractivity contribution in [3.05, 3.63) is 60.2 Å². The third-order valence-electron chi connectivity index (χ3n) is 4.73. The van der Waals surface area contributed by atoms with Crippen LogP contribution in [0.25, 0.3) is 0 Å². The molecule has 0 atom stereocenters. The van der Waals surface area contributed by atoms with E-state index < -0.39 is 10.1 Å². The summed E-state index contributed by atoms with van der Waals surface area (Å²) >= 11 is 0. The van der Waals surface area contributed by atoms with Gasteiger partial charge in [0.15, 0.2) is 0 Å². The lowest BCUT2D eigenvalue weighted by Crippen LogP contribution is -2.47. The Morgan fingerprint density at radius 2 is 1.50 bits per heavy atom. The van der Waals surface area contributed by atoms with Gasteiger partial charge < -0.3 is 8.92 Å². The van der Waals surface area contributed by atoms with Gasteiger partial charge in [0.05, 0.1) is 12.4 Å². The summed E-state index contributed by atoms with van der Waals surface area (Å²) in [6, 6.07) is 16.9. The van der Waals surface area contributed by atoms with Gasteiger partial charge in [-0.2, -0.15) is 8.42 Å². The van der Waals surface area contributed by atoms with E-state index in [4.69, 9.17) is 8.92 Å². The molecule has 1 aliphatic rings. The number of ether oxygens (including phenoxy) is 1. The zero-order valence-electron chi connectivity index (χ0n) is 16.3. The third-order valence-corrected chi connectivity index (χ3v) is 5.86. The second-order valence-electron chi connectivity index (χ2n) is 6.85. The van der Waals surface area contributed by atoms with Crippen molar-refractivity contribution >= 4 is 10.1 Å². The molecular formula is C21H28N2O4S. The molecule has 2 aromatic carbocycles. The SMILES string of the molecule is CCOc1ccc(CN2CCN(CCS(=O)(=O)Oc3ccccc3)CC2)cc1. The topological polar surface area (TPSA) is 59.1 Å². The first kappa shape index (κ1) is 20.6. The largest absolute Gasteiger partial charge is 0.494 e. The molecule has 1 fully saturated rings. The molecule has 7 heteroatoms. The Hall–Kier alpha value is -2.09. The van der Waals surface area contributed by atoms with E-state index in [2.05, 4.69) is 21.9 Å². The van der Waals surface area contributed by atoms with Crippen LogP contribution < -0.4 is 8.92 Å². The summed E-state index contributed by atoms with van der Waals surface area (Å²) < 4.78 is 34.9. The van der Waals surface area contributed by atoms with Crippen LogP contribution in [0.5, 0.6) is 11.5 Å². The minimum Gasteiger partial charge on any atom is -0.494 e. The van der Waals surface area contributed by atoms with Crippen LogP contribution in [0.1, 0.15) is 12.5 Å². The van der Waals surface area contributed by atoms with Crippen molar-refractivity contribution in [1.29, 1.82) is 0 Å². The normalized spacial score (nSPS) is 16.0. The predicted molar refractivity (Wildman–Crippen MR) is 110 cm³/mol. The van der Waals surface area contributed by atoms with Crippen molar-refractivity contribution < 1.29 is 17.3 Å². The molecule has 28 heavy (non-hydrogen) atoms. The van der Waals surface area contributed by atoms with Crippen molar-refractivity contribution in [3.8, 4) is 11.5 Å². The number of hydrogen-bond acceptors (Lipinski definition) is 6. The first-order chi connectivity index (χ1) is 13.5. The van der Waals surface area contributed by atoms with Crippen molar-refractivity contribution in [1.82, 2.24) is 9.80 Å². The highest BCUT2D eigenvalue weighted by Crippen LogP contribution is 2.15. The van der Waals surface area contributed by atoms with E-state index in [-0.39, 0.29) is 5.75 Å². The average molecular weight is 405 g/mol. The Balaban J connectivity index is 1.40. The maximum atomic E-state index is 12.2. The van der Waals surface area contributed by atoms with E-state index in [0.717, 1.165) is 38.5 Å². The molecule has 0 amide bonds. The van der Waals surface area contributed by atoms with Crippen LogP contribution in [0.15, 0.2) is 54.6 Å². The van der Waals surface area contributed by atoms with Crippen LogP contribution in [-0.4, -0.2) is 63.3 Å². The lowest BCUT2D eigenvalue weighted by molar-refractivity contribution is 0.132. The van der Waals surface area contributed by atoms with Crippen LogP contribution in [0.3, 0.4) is 0 Å². The molecule has 0 aliphatic carbocycles. The number of benzene rings is 2. The van der Waals surface area contributed by atoms with Gasteiger partial charge in [-0.3, -0.25) is 9.80 Å². The highest BCUT2D eigenvalue weighted by atomic mass is 32.2. The van der Waals surface area contributed by atoms with Gasteiger partial charge in [-0.05, 0) is 36.8 Å². The number of nitrogens with zero attached hydrogens (tertiary/aromatic N) is 2. The standard InChI is InChI=1S/C21H28N2O4S/c1-2-26-20-10-8-19(9-11-20)18-23-14-12-22(13-15-23)16-17-28(24,25)27-21-6-4-3-5-7-21/h3-11H,2,12-18H2,1H3. The molecule has 1 saturated heterocycles. The Bertz CT molecular complexity index is 817. The molecule has 0 saturated carbocycles. The molecular weight excluding hydrogens is 376 g/mol. The average Bonchev–Trinajstić information content (AvgIpc) is 2.70. The minimum absolute atomic E-state index is 0.000779. The van der Waals surface area contributed by atoms with Crippen LogP contribution in [0.4, 0.5) is 0 Å². The molecule has 0 unspecified atom stereocenters. The first-order valence-electron chi connectivity index (χ1n) is 9.68. The van der Waals surface area contributed by atoms with Gasteiger partial charge in [-0.15, -0.1) is 0 Å². The van der Waals surface area contributed by atoms with E-state index >= 15 is 0 Å².